The third-order valence-electron chi connectivity index (χ3n) is 2.07. The van der Waals surface area contributed by atoms with E-state index in [1.165, 1.54) is 0 Å². The number of rotatable bonds is 6. The highest BCUT2D eigenvalue weighted by Crippen LogP contribution is 2.23. The SMILES string of the molecule is CCNCCCS(=O)c1cc(Cl)ccc1Cl. The average molecular weight is 280 g/mol. The predicted molar refractivity (Wildman–Crippen MR) is 70.9 cm³/mol. The van der Waals surface area contributed by atoms with Gasteiger partial charge in [-0.1, -0.05) is 30.1 Å². The maximum atomic E-state index is 11.9. The van der Waals surface area contributed by atoms with Crippen LogP contribution in [0.3, 0.4) is 0 Å². The van der Waals surface area contributed by atoms with Gasteiger partial charge in [0.15, 0.2) is 0 Å². The molecule has 0 fully saturated rings. The van der Waals surface area contributed by atoms with Crippen molar-refractivity contribution in [3.63, 3.8) is 0 Å². The molecule has 0 spiro atoms. The molecule has 90 valence electrons. The zero-order valence-electron chi connectivity index (χ0n) is 9.13. The van der Waals surface area contributed by atoms with E-state index >= 15 is 0 Å². The molecular formula is C11H15Cl2NOS. The lowest BCUT2D eigenvalue weighted by Gasteiger charge is -2.05. The molecule has 0 bridgehead atoms. The van der Waals surface area contributed by atoms with Crippen molar-refractivity contribution in [2.75, 3.05) is 18.8 Å². The minimum absolute atomic E-state index is 0.520. The van der Waals surface area contributed by atoms with Gasteiger partial charge in [0.05, 0.1) is 20.7 Å². The highest BCUT2D eigenvalue weighted by molar-refractivity contribution is 7.85. The Bertz CT molecular complexity index is 371. The summed E-state index contributed by atoms with van der Waals surface area (Å²) in [6.45, 7) is 3.86. The molecule has 1 rings (SSSR count). The van der Waals surface area contributed by atoms with Gasteiger partial charge in [0.2, 0.25) is 0 Å². The molecule has 1 N–H and O–H groups in total. The number of nitrogens with one attached hydrogen (secondary N) is 1. The summed E-state index contributed by atoms with van der Waals surface area (Å²) in [5.74, 6) is 0.604. The molecule has 0 amide bonds. The van der Waals surface area contributed by atoms with Crippen molar-refractivity contribution in [1.29, 1.82) is 0 Å². The molecule has 0 aliphatic rings. The fourth-order valence-corrected chi connectivity index (χ4v) is 3.05. The smallest absolute Gasteiger partial charge is 0.0589 e. The number of benzene rings is 1. The van der Waals surface area contributed by atoms with Gasteiger partial charge in [0.1, 0.15) is 0 Å². The molecule has 0 aromatic heterocycles. The fourth-order valence-electron chi connectivity index (χ4n) is 1.27. The first kappa shape index (κ1) is 14.0. The lowest BCUT2D eigenvalue weighted by Crippen LogP contribution is -2.16. The third kappa shape index (κ3) is 4.42. The minimum atomic E-state index is -1.07. The molecule has 2 nitrogen and oxygen atoms in total. The normalized spacial score (nSPS) is 12.7. The molecule has 1 aromatic rings. The van der Waals surface area contributed by atoms with Gasteiger partial charge in [0.25, 0.3) is 0 Å². The highest BCUT2D eigenvalue weighted by Gasteiger charge is 2.08. The Kier molecular flexibility index (Phi) is 6.36. The summed E-state index contributed by atoms with van der Waals surface area (Å²) in [6, 6.07) is 5.05. The van der Waals surface area contributed by atoms with Gasteiger partial charge in [-0.25, -0.2) is 0 Å². The largest absolute Gasteiger partial charge is 0.317 e. The Balaban J connectivity index is 2.55. The molecule has 0 saturated carbocycles. The van der Waals surface area contributed by atoms with E-state index in [1.54, 1.807) is 18.2 Å². The first-order valence-corrected chi connectivity index (χ1v) is 7.26. The van der Waals surface area contributed by atoms with Gasteiger partial charge in [-0.15, -0.1) is 0 Å². The van der Waals surface area contributed by atoms with Gasteiger partial charge < -0.3 is 5.32 Å². The Labute approximate surface area is 109 Å². The molecule has 1 atom stereocenters. The van der Waals surface area contributed by atoms with E-state index in [9.17, 15) is 4.21 Å². The van der Waals surface area contributed by atoms with E-state index in [4.69, 9.17) is 23.2 Å². The van der Waals surface area contributed by atoms with E-state index < -0.39 is 10.8 Å². The van der Waals surface area contributed by atoms with Crippen LogP contribution in [0.15, 0.2) is 23.1 Å². The highest BCUT2D eigenvalue weighted by atomic mass is 35.5. The number of halogens is 2. The van der Waals surface area contributed by atoms with E-state index in [-0.39, 0.29) is 0 Å². The lowest BCUT2D eigenvalue weighted by atomic mass is 10.4. The molecule has 1 aromatic carbocycles. The van der Waals surface area contributed by atoms with Gasteiger partial charge in [-0.05, 0) is 37.7 Å². The van der Waals surface area contributed by atoms with Gasteiger partial charge >= 0.3 is 0 Å². The summed E-state index contributed by atoms with van der Waals surface area (Å²) in [4.78, 5) is 0.630. The predicted octanol–water partition coefficient (Wildman–Crippen LogP) is 3.10. The topological polar surface area (TPSA) is 29.1 Å². The second kappa shape index (κ2) is 7.28. The van der Waals surface area contributed by atoms with Crippen LogP contribution in [0.25, 0.3) is 0 Å². The Morgan fingerprint density at radius 1 is 1.38 bits per heavy atom. The Hall–Kier alpha value is -0.0900. The van der Waals surface area contributed by atoms with Gasteiger partial charge in [-0.3, -0.25) is 4.21 Å². The second-order valence-corrected chi connectivity index (χ2v) is 5.71. The molecule has 0 aliphatic carbocycles. The lowest BCUT2D eigenvalue weighted by molar-refractivity contribution is 0.670. The molecule has 16 heavy (non-hydrogen) atoms. The standard InChI is InChI=1S/C11H15Cl2NOS/c1-2-14-6-3-7-16(15)11-8-9(12)4-5-10(11)13/h4-5,8,14H,2-3,6-7H2,1H3. The second-order valence-electron chi connectivity index (χ2n) is 3.33. The molecule has 0 aliphatic heterocycles. The van der Waals surface area contributed by atoms with Crippen LogP contribution in [0.2, 0.25) is 10.0 Å². The number of hydrogen-bond donors (Lipinski definition) is 1. The summed E-state index contributed by atoms with van der Waals surface area (Å²) < 4.78 is 11.9. The van der Waals surface area contributed by atoms with E-state index in [0.29, 0.717) is 20.7 Å². The molecule has 0 saturated heterocycles. The van der Waals surface area contributed by atoms with Crippen LogP contribution in [-0.4, -0.2) is 23.1 Å². The van der Waals surface area contributed by atoms with E-state index in [2.05, 4.69) is 5.32 Å². The van der Waals surface area contributed by atoms with Crippen LogP contribution < -0.4 is 5.32 Å². The van der Waals surface area contributed by atoms with Crippen LogP contribution >= 0.6 is 23.2 Å². The summed E-state index contributed by atoms with van der Waals surface area (Å²) in [6.07, 6.45) is 0.864. The third-order valence-corrected chi connectivity index (χ3v) is 4.24. The van der Waals surface area contributed by atoms with Crippen molar-refractivity contribution in [2.24, 2.45) is 0 Å². The molecule has 5 heteroatoms. The number of hydrogen-bond acceptors (Lipinski definition) is 2. The summed E-state index contributed by atoms with van der Waals surface area (Å²) in [7, 11) is -1.07. The molecular weight excluding hydrogens is 265 g/mol. The molecule has 0 heterocycles. The minimum Gasteiger partial charge on any atom is -0.317 e. The van der Waals surface area contributed by atoms with Crippen molar-refractivity contribution in [2.45, 2.75) is 18.2 Å². The maximum Gasteiger partial charge on any atom is 0.0589 e. The van der Waals surface area contributed by atoms with E-state index in [0.717, 1.165) is 19.5 Å². The van der Waals surface area contributed by atoms with Crippen LogP contribution in [0.5, 0.6) is 0 Å². The van der Waals surface area contributed by atoms with Crippen molar-refractivity contribution in [1.82, 2.24) is 5.32 Å². The van der Waals surface area contributed by atoms with Crippen molar-refractivity contribution in [3.8, 4) is 0 Å². The zero-order valence-corrected chi connectivity index (χ0v) is 11.5. The maximum absolute atomic E-state index is 11.9. The van der Waals surface area contributed by atoms with E-state index in [1.807, 2.05) is 6.92 Å². The van der Waals surface area contributed by atoms with Crippen LogP contribution in [0.4, 0.5) is 0 Å². The van der Waals surface area contributed by atoms with Crippen molar-refractivity contribution < 1.29 is 4.21 Å². The monoisotopic (exact) mass is 279 g/mol. The first-order valence-electron chi connectivity index (χ1n) is 5.19. The van der Waals surface area contributed by atoms with Gasteiger partial charge in [-0.2, -0.15) is 0 Å². The van der Waals surface area contributed by atoms with Crippen LogP contribution in [-0.2, 0) is 10.8 Å². The Morgan fingerprint density at radius 3 is 2.81 bits per heavy atom. The fraction of sp³-hybridized carbons (Fsp3) is 0.455. The Morgan fingerprint density at radius 2 is 2.12 bits per heavy atom. The molecule has 0 radical (unpaired) electrons. The van der Waals surface area contributed by atoms with Crippen LogP contribution in [0.1, 0.15) is 13.3 Å². The zero-order chi connectivity index (χ0) is 12.0. The first-order chi connectivity index (χ1) is 7.65. The van der Waals surface area contributed by atoms with Crippen molar-refractivity contribution in [3.05, 3.63) is 28.2 Å². The van der Waals surface area contributed by atoms with Crippen molar-refractivity contribution >= 4 is 34.0 Å². The summed E-state index contributed by atoms with van der Waals surface area (Å²) in [5.41, 5.74) is 0. The average Bonchev–Trinajstić information content (AvgIpc) is 2.27. The van der Waals surface area contributed by atoms with Gasteiger partial charge in [0, 0.05) is 10.8 Å². The van der Waals surface area contributed by atoms with Crippen LogP contribution in [0, 0.1) is 0 Å². The summed E-state index contributed by atoms with van der Waals surface area (Å²) >= 11 is 11.8. The quantitative estimate of drug-likeness (QED) is 0.811. The summed E-state index contributed by atoms with van der Waals surface area (Å²) in [5, 5.41) is 4.28. The molecule has 1 unspecified atom stereocenters.